The zero-order valence-corrected chi connectivity index (χ0v) is 10.2. The Kier molecular flexibility index (Phi) is 2.41. The van der Waals surface area contributed by atoms with Crippen molar-refractivity contribution in [1.82, 2.24) is 5.01 Å². The molecule has 1 aromatic carbocycles. The van der Waals surface area contributed by atoms with Gasteiger partial charge >= 0.3 is 0 Å². The molecule has 0 spiro atoms. The molecule has 0 saturated carbocycles. The van der Waals surface area contributed by atoms with Gasteiger partial charge < -0.3 is 14.6 Å². The molecule has 2 heterocycles. The molecule has 0 aliphatic carbocycles. The molecule has 2 aliphatic heterocycles. The van der Waals surface area contributed by atoms with Gasteiger partial charge in [0, 0.05) is 6.42 Å². The predicted molar refractivity (Wildman–Crippen MR) is 63.3 cm³/mol. The summed E-state index contributed by atoms with van der Waals surface area (Å²) in [6.07, 6.45) is -0.0305. The minimum absolute atomic E-state index is 0.155. The van der Waals surface area contributed by atoms with Gasteiger partial charge in [-0.3, -0.25) is 0 Å². The number of rotatable bonds is 3. The standard InChI is InChI=1S/C12H14N2O4/c1-17-10-3-6-7(4-11(10)18-2)12-9(15)5-8(6)14(12)13-16/h3-4,8-9,12,15H,5H2,1-2H3/t8-,9?,12-/m1/s1. The Labute approximate surface area is 104 Å². The monoisotopic (exact) mass is 250 g/mol. The Morgan fingerprint density at radius 2 is 1.89 bits per heavy atom. The fourth-order valence-electron chi connectivity index (χ4n) is 3.02. The van der Waals surface area contributed by atoms with Gasteiger partial charge in [0.05, 0.1) is 31.7 Å². The lowest BCUT2D eigenvalue weighted by molar-refractivity contribution is 0.119. The van der Waals surface area contributed by atoms with Gasteiger partial charge in [0.15, 0.2) is 11.5 Å². The lowest BCUT2D eigenvalue weighted by Crippen LogP contribution is -2.19. The largest absolute Gasteiger partial charge is 0.493 e. The van der Waals surface area contributed by atoms with E-state index in [4.69, 9.17) is 9.47 Å². The van der Waals surface area contributed by atoms with Crippen molar-refractivity contribution in [3.8, 4) is 11.5 Å². The molecular weight excluding hydrogens is 236 g/mol. The molecule has 1 saturated heterocycles. The summed E-state index contributed by atoms with van der Waals surface area (Å²) in [7, 11) is 3.13. The van der Waals surface area contributed by atoms with Gasteiger partial charge in [-0.2, -0.15) is 0 Å². The van der Waals surface area contributed by atoms with Gasteiger partial charge in [0.1, 0.15) is 6.04 Å². The van der Waals surface area contributed by atoms with E-state index in [0.717, 1.165) is 11.1 Å². The van der Waals surface area contributed by atoms with Gasteiger partial charge in [0.25, 0.3) is 0 Å². The van der Waals surface area contributed by atoms with Crippen LogP contribution >= 0.6 is 0 Å². The lowest BCUT2D eigenvalue weighted by atomic mass is 9.89. The highest BCUT2D eigenvalue weighted by Crippen LogP contribution is 2.55. The number of hydrogen-bond acceptors (Lipinski definition) is 5. The SMILES string of the molecule is COc1cc2c(cc1OC)[C@@H]1C(O)C[C@H]2N1N=O. The third kappa shape index (κ3) is 1.26. The average Bonchev–Trinajstić information content (AvgIpc) is 2.87. The van der Waals surface area contributed by atoms with Crippen LogP contribution in [0.15, 0.2) is 17.4 Å². The van der Waals surface area contributed by atoms with Gasteiger partial charge in [-0.05, 0) is 23.3 Å². The van der Waals surface area contributed by atoms with Crippen LogP contribution in [0, 0.1) is 4.91 Å². The van der Waals surface area contributed by atoms with Crippen LogP contribution < -0.4 is 9.47 Å². The van der Waals surface area contributed by atoms with E-state index in [1.165, 1.54) is 5.01 Å². The maximum atomic E-state index is 10.9. The molecule has 96 valence electrons. The Bertz CT molecular complexity index is 505. The predicted octanol–water partition coefficient (Wildman–Crippen LogP) is 1.55. The van der Waals surface area contributed by atoms with Crippen molar-refractivity contribution in [2.24, 2.45) is 5.29 Å². The first-order chi connectivity index (χ1) is 8.71. The summed E-state index contributed by atoms with van der Waals surface area (Å²) in [6, 6.07) is 3.17. The molecule has 0 amide bonds. The number of hydrogen-bond donors (Lipinski definition) is 1. The first-order valence-electron chi connectivity index (χ1n) is 5.76. The van der Waals surface area contributed by atoms with Gasteiger partial charge in [-0.25, -0.2) is 5.01 Å². The Hall–Kier alpha value is -1.82. The molecule has 1 aromatic rings. The van der Waals surface area contributed by atoms with Crippen molar-refractivity contribution < 1.29 is 14.6 Å². The van der Waals surface area contributed by atoms with Gasteiger partial charge in [0.2, 0.25) is 0 Å². The van der Waals surface area contributed by atoms with E-state index in [2.05, 4.69) is 5.29 Å². The molecule has 6 heteroatoms. The number of aliphatic hydroxyl groups is 1. The number of aliphatic hydroxyl groups excluding tert-OH is 1. The fraction of sp³-hybridized carbons (Fsp3) is 0.500. The molecule has 18 heavy (non-hydrogen) atoms. The summed E-state index contributed by atoms with van der Waals surface area (Å²) in [4.78, 5) is 10.9. The first kappa shape index (κ1) is 11.3. The quantitative estimate of drug-likeness (QED) is 0.824. The van der Waals surface area contributed by atoms with Crippen LogP contribution in [-0.2, 0) is 0 Å². The molecule has 1 N–H and O–H groups in total. The fourth-order valence-corrected chi connectivity index (χ4v) is 3.02. The van der Waals surface area contributed by atoms with E-state index in [1.807, 2.05) is 12.1 Å². The molecule has 3 atom stereocenters. The highest BCUT2D eigenvalue weighted by Gasteiger charge is 2.50. The van der Waals surface area contributed by atoms with E-state index in [9.17, 15) is 10.0 Å². The minimum Gasteiger partial charge on any atom is -0.493 e. The maximum absolute atomic E-state index is 10.9. The molecule has 2 aliphatic rings. The van der Waals surface area contributed by atoms with Gasteiger partial charge in [-0.1, -0.05) is 0 Å². The van der Waals surface area contributed by atoms with Crippen LogP contribution in [0.3, 0.4) is 0 Å². The molecular formula is C12H14N2O4. The number of fused-ring (bicyclic) bond motifs is 5. The van der Waals surface area contributed by atoms with Crippen molar-refractivity contribution in [1.29, 1.82) is 0 Å². The molecule has 0 aromatic heterocycles. The highest BCUT2D eigenvalue weighted by atomic mass is 16.5. The van der Waals surface area contributed by atoms with Gasteiger partial charge in [-0.15, -0.1) is 4.91 Å². The molecule has 3 rings (SSSR count). The smallest absolute Gasteiger partial charge is 0.161 e. The Morgan fingerprint density at radius 3 is 2.44 bits per heavy atom. The van der Waals surface area contributed by atoms with Crippen molar-refractivity contribution in [3.63, 3.8) is 0 Å². The minimum atomic E-state index is -0.557. The summed E-state index contributed by atoms with van der Waals surface area (Å²) in [5.41, 5.74) is 1.89. The lowest BCUT2D eigenvalue weighted by Gasteiger charge is -2.19. The average molecular weight is 250 g/mol. The Morgan fingerprint density at radius 1 is 1.28 bits per heavy atom. The Balaban J connectivity index is 2.14. The maximum Gasteiger partial charge on any atom is 0.161 e. The number of methoxy groups -OCH3 is 2. The van der Waals surface area contributed by atoms with E-state index in [0.29, 0.717) is 17.9 Å². The van der Waals surface area contributed by atoms with E-state index in [-0.39, 0.29) is 12.1 Å². The summed E-state index contributed by atoms with van der Waals surface area (Å²) < 4.78 is 10.5. The second-order valence-corrected chi connectivity index (χ2v) is 4.56. The third-order valence-electron chi connectivity index (χ3n) is 3.79. The molecule has 1 fully saturated rings. The van der Waals surface area contributed by atoms with Crippen molar-refractivity contribution in [2.75, 3.05) is 14.2 Å². The van der Waals surface area contributed by atoms with Crippen LogP contribution in [0.5, 0.6) is 11.5 Å². The van der Waals surface area contributed by atoms with Crippen LogP contribution in [0.4, 0.5) is 0 Å². The summed E-state index contributed by atoms with van der Waals surface area (Å²) in [5, 5.41) is 14.4. The second-order valence-electron chi connectivity index (χ2n) is 4.56. The summed E-state index contributed by atoms with van der Waals surface area (Å²) in [6.45, 7) is 0. The van der Waals surface area contributed by atoms with Crippen molar-refractivity contribution in [2.45, 2.75) is 24.6 Å². The normalized spacial score (nSPS) is 28.2. The van der Waals surface area contributed by atoms with Crippen LogP contribution in [0.25, 0.3) is 0 Å². The molecule has 0 radical (unpaired) electrons. The first-order valence-corrected chi connectivity index (χ1v) is 5.76. The van der Waals surface area contributed by atoms with Crippen LogP contribution in [0.1, 0.15) is 29.6 Å². The zero-order chi connectivity index (χ0) is 12.9. The van der Waals surface area contributed by atoms with E-state index >= 15 is 0 Å². The molecule has 6 nitrogen and oxygen atoms in total. The van der Waals surface area contributed by atoms with Crippen LogP contribution in [-0.4, -0.2) is 30.4 Å². The number of ether oxygens (including phenoxy) is 2. The zero-order valence-electron chi connectivity index (χ0n) is 10.2. The van der Waals surface area contributed by atoms with E-state index in [1.54, 1.807) is 14.2 Å². The summed E-state index contributed by atoms with van der Waals surface area (Å²) in [5.74, 6) is 1.23. The third-order valence-corrected chi connectivity index (χ3v) is 3.79. The topological polar surface area (TPSA) is 71.4 Å². The number of benzene rings is 1. The van der Waals surface area contributed by atoms with Crippen LogP contribution in [0.2, 0.25) is 0 Å². The molecule has 2 bridgehead atoms. The molecule has 1 unspecified atom stereocenters. The number of nitrogens with zero attached hydrogens (tertiary/aromatic N) is 2. The second kappa shape index (κ2) is 3.84. The highest BCUT2D eigenvalue weighted by molar-refractivity contribution is 5.53. The number of nitroso groups, excluding NO2 is 1. The van der Waals surface area contributed by atoms with Crippen molar-refractivity contribution in [3.05, 3.63) is 28.2 Å². The van der Waals surface area contributed by atoms with E-state index < -0.39 is 6.10 Å². The van der Waals surface area contributed by atoms with Crippen molar-refractivity contribution >= 4 is 0 Å². The summed E-state index contributed by atoms with van der Waals surface area (Å²) >= 11 is 0.